The second-order valence-corrected chi connectivity index (χ2v) is 5.81. The van der Waals surface area contributed by atoms with Crippen molar-refractivity contribution in [3.63, 3.8) is 0 Å². The van der Waals surface area contributed by atoms with Gasteiger partial charge in [0.05, 0.1) is 13.2 Å². The number of morpholine rings is 1. The number of hydrogen-bond acceptors (Lipinski definition) is 6. The van der Waals surface area contributed by atoms with Crippen LogP contribution in [-0.2, 0) is 4.74 Å². The molecule has 1 saturated heterocycles. The van der Waals surface area contributed by atoms with E-state index in [-0.39, 0.29) is 5.91 Å². The minimum absolute atomic E-state index is 0.107. The summed E-state index contributed by atoms with van der Waals surface area (Å²) in [6, 6.07) is 2.06. The lowest BCUT2D eigenvalue weighted by Crippen LogP contribution is -2.39. The molecule has 22 heavy (non-hydrogen) atoms. The molecule has 120 valence electrons. The van der Waals surface area contributed by atoms with Gasteiger partial charge in [-0.05, 0) is 19.8 Å². The predicted octanol–water partition coefficient (Wildman–Crippen LogP) is 0.421. The van der Waals surface area contributed by atoms with E-state index >= 15 is 0 Å². The number of ether oxygens (including phenoxy) is 1. The molecule has 2 heterocycles. The van der Waals surface area contributed by atoms with E-state index in [1.54, 1.807) is 13.0 Å². The molecule has 1 saturated carbocycles. The molecule has 3 rings (SSSR count). The summed E-state index contributed by atoms with van der Waals surface area (Å²) >= 11 is 0. The van der Waals surface area contributed by atoms with E-state index in [0.717, 1.165) is 52.2 Å². The topological polar surface area (TPSA) is 79.4 Å². The minimum Gasteiger partial charge on any atom is -0.379 e. The second kappa shape index (κ2) is 7.02. The maximum absolute atomic E-state index is 12.1. The van der Waals surface area contributed by atoms with Crippen molar-refractivity contribution in [3.8, 4) is 0 Å². The Morgan fingerprint density at radius 2 is 2.14 bits per heavy atom. The van der Waals surface area contributed by atoms with Crippen LogP contribution in [0.1, 0.15) is 29.2 Å². The van der Waals surface area contributed by atoms with Crippen LogP contribution in [0.3, 0.4) is 0 Å². The minimum atomic E-state index is -0.107. The van der Waals surface area contributed by atoms with Crippen LogP contribution in [0.5, 0.6) is 0 Å². The van der Waals surface area contributed by atoms with E-state index < -0.39 is 0 Å². The van der Waals surface area contributed by atoms with E-state index in [1.165, 1.54) is 0 Å². The summed E-state index contributed by atoms with van der Waals surface area (Å²) in [4.78, 5) is 23.0. The van der Waals surface area contributed by atoms with E-state index in [1.807, 2.05) is 0 Å². The summed E-state index contributed by atoms with van der Waals surface area (Å²) in [5.74, 6) is 1.21. The molecule has 0 spiro atoms. The number of rotatable bonds is 6. The zero-order valence-corrected chi connectivity index (χ0v) is 13.0. The molecular weight excluding hydrogens is 282 g/mol. The Kier molecular flexibility index (Phi) is 4.84. The molecule has 0 bridgehead atoms. The first kappa shape index (κ1) is 15.2. The number of aromatic nitrogens is 2. The van der Waals surface area contributed by atoms with Gasteiger partial charge in [-0.3, -0.25) is 9.69 Å². The fourth-order valence-electron chi connectivity index (χ4n) is 2.43. The number of aryl methyl sites for hydroxylation is 1. The molecule has 7 nitrogen and oxygen atoms in total. The summed E-state index contributed by atoms with van der Waals surface area (Å²) < 4.78 is 5.33. The average Bonchev–Trinajstić information content (AvgIpc) is 3.32. The number of anilines is 1. The number of nitrogens with zero attached hydrogens (tertiary/aromatic N) is 3. The molecule has 0 radical (unpaired) electrons. The molecule has 2 fully saturated rings. The third-order valence-corrected chi connectivity index (χ3v) is 3.82. The van der Waals surface area contributed by atoms with Gasteiger partial charge in [0.1, 0.15) is 17.3 Å². The highest BCUT2D eigenvalue weighted by molar-refractivity contribution is 5.93. The fraction of sp³-hybridized carbons (Fsp3) is 0.667. The maximum Gasteiger partial charge on any atom is 0.270 e. The molecule has 0 aromatic carbocycles. The molecular formula is C15H23N5O2. The van der Waals surface area contributed by atoms with E-state index in [4.69, 9.17) is 4.74 Å². The Bertz CT molecular complexity index is 527. The van der Waals surface area contributed by atoms with Gasteiger partial charge in [-0.1, -0.05) is 0 Å². The van der Waals surface area contributed by atoms with Gasteiger partial charge >= 0.3 is 0 Å². The molecule has 2 N–H and O–H groups in total. The second-order valence-electron chi connectivity index (χ2n) is 5.81. The van der Waals surface area contributed by atoms with Crippen molar-refractivity contribution in [2.75, 3.05) is 44.7 Å². The highest BCUT2D eigenvalue weighted by Crippen LogP contribution is 2.19. The number of carbonyl (C=O) groups is 1. The quantitative estimate of drug-likeness (QED) is 0.793. The van der Waals surface area contributed by atoms with Crippen molar-refractivity contribution in [2.45, 2.75) is 25.8 Å². The lowest BCUT2D eigenvalue weighted by atomic mass is 10.3. The van der Waals surface area contributed by atoms with E-state index in [2.05, 4.69) is 25.5 Å². The van der Waals surface area contributed by atoms with Crippen LogP contribution >= 0.6 is 0 Å². The number of carbonyl (C=O) groups excluding carboxylic acids is 1. The van der Waals surface area contributed by atoms with Gasteiger partial charge in [-0.25, -0.2) is 9.97 Å². The van der Waals surface area contributed by atoms with Crippen molar-refractivity contribution in [1.29, 1.82) is 0 Å². The normalized spacial score (nSPS) is 19.0. The Labute approximate surface area is 130 Å². The van der Waals surface area contributed by atoms with Gasteiger partial charge in [0.15, 0.2) is 0 Å². The van der Waals surface area contributed by atoms with Crippen molar-refractivity contribution >= 4 is 11.7 Å². The molecule has 2 aliphatic rings. The SMILES string of the molecule is Cc1nc(NCCN2CCOCC2)cc(C(=O)NC2CC2)n1. The van der Waals surface area contributed by atoms with Crippen LogP contribution in [-0.4, -0.2) is 66.2 Å². The van der Waals surface area contributed by atoms with Crippen LogP contribution in [0.4, 0.5) is 5.82 Å². The summed E-state index contributed by atoms with van der Waals surface area (Å²) in [6.07, 6.45) is 2.14. The van der Waals surface area contributed by atoms with Crippen LogP contribution in [0.25, 0.3) is 0 Å². The Morgan fingerprint density at radius 1 is 1.36 bits per heavy atom. The standard InChI is InChI=1S/C15H23N5O2/c1-11-17-13(15(21)19-12-2-3-12)10-14(18-11)16-4-5-20-6-8-22-9-7-20/h10,12H,2-9H2,1H3,(H,19,21)(H,16,17,18). The highest BCUT2D eigenvalue weighted by atomic mass is 16.5. The number of hydrogen-bond donors (Lipinski definition) is 2. The zero-order valence-electron chi connectivity index (χ0n) is 13.0. The van der Waals surface area contributed by atoms with Crippen molar-refractivity contribution in [3.05, 3.63) is 17.6 Å². The monoisotopic (exact) mass is 305 g/mol. The largest absolute Gasteiger partial charge is 0.379 e. The lowest BCUT2D eigenvalue weighted by molar-refractivity contribution is 0.0398. The third kappa shape index (κ3) is 4.38. The third-order valence-electron chi connectivity index (χ3n) is 3.82. The molecule has 0 atom stereocenters. The Morgan fingerprint density at radius 3 is 2.86 bits per heavy atom. The van der Waals surface area contributed by atoms with Crippen molar-refractivity contribution in [2.24, 2.45) is 0 Å². The molecule has 1 aromatic rings. The molecule has 1 amide bonds. The smallest absolute Gasteiger partial charge is 0.270 e. The van der Waals surface area contributed by atoms with Crippen molar-refractivity contribution in [1.82, 2.24) is 20.2 Å². The summed E-state index contributed by atoms with van der Waals surface area (Å²) in [6.45, 7) is 7.09. The van der Waals surface area contributed by atoms with E-state index in [0.29, 0.717) is 23.4 Å². The number of amides is 1. The summed E-state index contributed by atoms with van der Waals surface area (Å²) in [5.41, 5.74) is 0.438. The number of nitrogens with one attached hydrogen (secondary N) is 2. The first-order chi connectivity index (χ1) is 10.7. The van der Waals surface area contributed by atoms with Gasteiger partial charge in [-0.15, -0.1) is 0 Å². The molecule has 1 aromatic heterocycles. The predicted molar refractivity (Wildman–Crippen MR) is 83.0 cm³/mol. The lowest BCUT2D eigenvalue weighted by Gasteiger charge is -2.26. The van der Waals surface area contributed by atoms with Gasteiger partial charge in [0.2, 0.25) is 0 Å². The Balaban J connectivity index is 1.53. The summed E-state index contributed by atoms with van der Waals surface area (Å²) in [7, 11) is 0. The maximum atomic E-state index is 12.1. The Hall–Kier alpha value is -1.73. The van der Waals surface area contributed by atoms with Gasteiger partial charge < -0.3 is 15.4 Å². The average molecular weight is 305 g/mol. The van der Waals surface area contributed by atoms with Crippen LogP contribution in [0.15, 0.2) is 6.07 Å². The molecule has 1 aliphatic carbocycles. The van der Waals surface area contributed by atoms with Crippen molar-refractivity contribution < 1.29 is 9.53 Å². The molecule has 7 heteroatoms. The van der Waals surface area contributed by atoms with Crippen LogP contribution < -0.4 is 10.6 Å². The fourth-order valence-corrected chi connectivity index (χ4v) is 2.43. The van der Waals surface area contributed by atoms with E-state index in [9.17, 15) is 4.79 Å². The first-order valence-electron chi connectivity index (χ1n) is 7.91. The van der Waals surface area contributed by atoms with Gasteiger partial charge in [0, 0.05) is 38.3 Å². The van der Waals surface area contributed by atoms with Crippen LogP contribution in [0, 0.1) is 6.92 Å². The molecule has 1 aliphatic heterocycles. The zero-order chi connectivity index (χ0) is 15.4. The van der Waals surface area contributed by atoms with Crippen LogP contribution in [0.2, 0.25) is 0 Å². The summed E-state index contributed by atoms with van der Waals surface area (Å²) in [5, 5.41) is 6.24. The van der Waals surface area contributed by atoms with Gasteiger partial charge in [-0.2, -0.15) is 0 Å². The van der Waals surface area contributed by atoms with Gasteiger partial charge in [0.25, 0.3) is 5.91 Å². The highest BCUT2D eigenvalue weighted by Gasteiger charge is 2.24. The molecule has 0 unspecified atom stereocenters. The first-order valence-corrected chi connectivity index (χ1v) is 7.91.